The maximum Gasteiger partial charge on any atom is 0.0538 e. The summed E-state index contributed by atoms with van der Waals surface area (Å²) in [6.45, 7) is 0. The van der Waals surface area contributed by atoms with E-state index >= 15 is 0 Å². The Hall–Kier alpha value is -3.69. The molecule has 1 aliphatic rings. The number of nitrogens with one attached hydrogen (secondary N) is 1. The van der Waals surface area contributed by atoms with Crippen LogP contribution in [0.15, 0.2) is 91.3 Å². The molecule has 0 atom stereocenters. The number of nitrogens with zero attached hydrogens (tertiary/aromatic N) is 1. The Morgan fingerprint density at radius 1 is 0.633 bits per heavy atom. The van der Waals surface area contributed by atoms with Gasteiger partial charge in [0.1, 0.15) is 0 Å². The number of pyridine rings is 1. The molecule has 0 fully saturated rings. The zero-order valence-electron chi connectivity index (χ0n) is 16.0. The Balaban J connectivity index is 1.32. The first-order valence-corrected chi connectivity index (χ1v) is 10.9. The van der Waals surface area contributed by atoms with Crippen LogP contribution in [0, 0.1) is 0 Å². The first-order chi connectivity index (χ1) is 14.8. The maximum atomic E-state index is 4.26. The minimum atomic E-state index is 1.11. The molecule has 1 N–H and O–H groups in total. The highest BCUT2D eigenvalue weighted by Gasteiger charge is 2.21. The summed E-state index contributed by atoms with van der Waals surface area (Å²) in [4.78, 5) is 4.26. The zero-order chi connectivity index (χ0) is 19.7. The Labute approximate surface area is 177 Å². The number of rotatable bonds is 2. The fraction of sp³-hybridized carbons (Fsp3) is 0. The van der Waals surface area contributed by atoms with Crippen LogP contribution in [0.1, 0.15) is 0 Å². The third-order valence-electron chi connectivity index (χ3n) is 6.07. The summed E-state index contributed by atoms with van der Waals surface area (Å²) in [5.74, 6) is 0. The van der Waals surface area contributed by atoms with Gasteiger partial charge in [-0.15, -0.1) is 11.3 Å². The van der Waals surface area contributed by atoms with Gasteiger partial charge in [-0.25, -0.2) is 0 Å². The molecule has 2 aromatic heterocycles. The molecule has 0 amide bonds. The molecule has 0 spiro atoms. The van der Waals surface area contributed by atoms with Crippen LogP contribution in [0.2, 0.25) is 0 Å². The van der Waals surface area contributed by atoms with Crippen molar-refractivity contribution in [3.63, 3.8) is 0 Å². The minimum Gasteiger partial charge on any atom is -0.355 e. The second-order valence-electron chi connectivity index (χ2n) is 7.78. The highest BCUT2D eigenvalue weighted by atomic mass is 32.1. The number of thiophene rings is 1. The third-order valence-corrected chi connectivity index (χ3v) is 7.17. The number of hydrogen-bond donors (Lipinski definition) is 1. The lowest BCUT2D eigenvalue weighted by atomic mass is 10.0. The molecule has 0 radical (unpaired) electrons. The van der Waals surface area contributed by atoms with Crippen LogP contribution in [-0.4, -0.2) is 4.98 Å². The molecule has 30 heavy (non-hydrogen) atoms. The van der Waals surface area contributed by atoms with E-state index in [-0.39, 0.29) is 0 Å². The predicted octanol–water partition coefficient (Wildman–Crippen LogP) is 7.99. The second kappa shape index (κ2) is 5.91. The first-order valence-electron chi connectivity index (χ1n) is 10.0. The van der Waals surface area contributed by atoms with Crippen molar-refractivity contribution < 1.29 is 0 Å². The number of fused-ring (bicyclic) bond motifs is 6. The van der Waals surface area contributed by atoms with Gasteiger partial charge >= 0.3 is 0 Å². The molecule has 4 aromatic carbocycles. The van der Waals surface area contributed by atoms with E-state index in [9.17, 15) is 0 Å². The van der Waals surface area contributed by atoms with Crippen molar-refractivity contribution in [2.24, 2.45) is 0 Å². The van der Waals surface area contributed by atoms with E-state index in [0.29, 0.717) is 0 Å². The molecule has 2 nitrogen and oxygen atoms in total. The lowest BCUT2D eigenvalue weighted by Crippen LogP contribution is -1.90. The molecule has 7 rings (SSSR count). The SMILES string of the molecule is c1cc2c3c(cccc3c1)-c1cc(Nc3ccc4c(c3)sc3cnccc34)ccc1-2. The molecule has 140 valence electrons. The number of anilines is 2. The topological polar surface area (TPSA) is 24.9 Å². The Kier molecular flexibility index (Phi) is 3.18. The van der Waals surface area contributed by atoms with Crippen LogP contribution in [0.3, 0.4) is 0 Å². The molecular weight excluding hydrogens is 384 g/mol. The smallest absolute Gasteiger partial charge is 0.0538 e. The minimum absolute atomic E-state index is 1.11. The van der Waals surface area contributed by atoms with Gasteiger partial charge in [0, 0.05) is 39.2 Å². The Morgan fingerprint density at radius 2 is 1.40 bits per heavy atom. The molecule has 2 heterocycles. The summed E-state index contributed by atoms with van der Waals surface area (Å²) in [6, 6.07) is 28.6. The van der Waals surface area contributed by atoms with Gasteiger partial charge in [-0.3, -0.25) is 4.98 Å². The molecule has 0 unspecified atom stereocenters. The summed E-state index contributed by atoms with van der Waals surface area (Å²) in [5, 5.41) is 8.86. The normalized spacial score (nSPS) is 12.0. The van der Waals surface area contributed by atoms with Crippen LogP contribution in [0.4, 0.5) is 11.4 Å². The fourth-order valence-electron chi connectivity index (χ4n) is 4.75. The number of benzene rings is 4. The quantitative estimate of drug-likeness (QED) is 0.318. The lowest BCUT2D eigenvalue weighted by Gasteiger charge is -2.10. The van der Waals surface area contributed by atoms with Crippen LogP contribution in [0.5, 0.6) is 0 Å². The molecule has 1 aliphatic carbocycles. The summed E-state index contributed by atoms with van der Waals surface area (Å²) in [5.41, 5.74) is 7.51. The maximum absolute atomic E-state index is 4.26. The molecule has 3 heteroatoms. The van der Waals surface area contributed by atoms with Crippen LogP contribution in [-0.2, 0) is 0 Å². The average molecular weight is 401 g/mol. The lowest BCUT2D eigenvalue weighted by molar-refractivity contribution is 1.37. The Morgan fingerprint density at radius 3 is 2.30 bits per heavy atom. The standard InChI is InChI=1S/C27H16N2S/c1-3-16-4-2-6-23-24-13-17(7-9-19(24)22(5-1)27(16)23)29-18-8-10-20-21-11-12-28-15-26(21)30-25(20)14-18/h1-15,29H. The van der Waals surface area contributed by atoms with Gasteiger partial charge in [-0.2, -0.15) is 0 Å². The van der Waals surface area contributed by atoms with Gasteiger partial charge in [0.2, 0.25) is 0 Å². The van der Waals surface area contributed by atoms with E-state index in [1.54, 1.807) is 11.3 Å². The molecule has 0 bridgehead atoms. The largest absolute Gasteiger partial charge is 0.355 e. The van der Waals surface area contributed by atoms with Crippen LogP contribution >= 0.6 is 11.3 Å². The number of aromatic nitrogens is 1. The van der Waals surface area contributed by atoms with Gasteiger partial charge in [-0.05, 0) is 63.4 Å². The predicted molar refractivity (Wildman–Crippen MR) is 129 cm³/mol. The van der Waals surface area contributed by atoms with Crippen LogP contribution in [0.25, 0.3) is 53.2 Å². The monoisotopic (exact) mass is 400 g/mol. The Bertz CT molecular complexity index is 1620. The van der Waals surface area contributed by atoms with Gasteiger partial charge in [0.05, 0.1) is 4.70 Å². The summed E-state index contributed by atoms with van der Waals surface area (Å²) >= 11 is 1.79. The van der Waals surface area contributed by atoms with E-state index in [1.807, 2.05) is 12.4 Å². The van der Waals surface area contributed by atoms with Gasteiger partial charge in [0.15, 0.2) is 0 Å². The van der Waals surface area contributed by atoms with E-state index in [0.717, 1.165) is 11.4 Å². The van der Waals surface area contributed by atoms with E-state index in [2.05, 4.69) is 89.2 Å². The molecule has 0 aliphatic heterocycles. The van der Waals surface area contributed by atoms with E-state index in [1.165, 1.54) is 53.2 Å². The van der Waals surface area contributed by atoms with E-state index < -0.39 is 0 Å². The van der Waals surface area contributed by atoms with E-state index in [4.69, 9.17) is 0 Å². The highest BCUT2D eigenvalue weighted by molar-refractivity contribution is 7.25. The van der Waals surface area contributed by atoms with Crippen molar-refractivity contribution in [1.82, 2.24) is 4.98 Å². The summed E-state index contributed by atoms with van der Waals surface area (Å²) in [6.07, 6.45) is 3.82. The van der Waals surface area contributed by atoms with Crippen molar-refractivity contribution in [3.05, 3.63) is 91.3 Å². The van der Waals surface area contributed by atoms with Crippen molar-refractivity contribution >= 4 is 53.7 Å². The molecule has 0 saturated carbocycles. The van der Waals surface area contributed by atoms with Gasteiger partial charge in [-0.1, -0.05) is 48.5 Å². The first kappa shape index (κ1) is 16.1. The van der Waals surface area contributed by atoms with Crippen molar-refractivity contribution in [1.29, 1.82) is 0 Å². The van der Waals surface area contributed by atoms with Gasteiger partial charge < -0.3 is 5.32 Å². The third kappa shape index (κ3) is 2.21. The fourth-order valence-corrected chi connectivity index (χ4v) is 5.86. The van der Waals surface area contributed by atoms with Crippen molar-refractivity contribution in [3.8, 4) is 22.3 Å². The van der Waals surface area contributed by atoms with Crippen molar-refractivity contribution in [2.45, 2.75) is 0 Å². The molecular formula is C27H16N2S. The zero-order valence-corrected chi connectivity index (χ0v) is 16.8. The number of hydrogen-bond acceptors (Lipinski definition) is 3. The molecule has 6 aromatic rings. The van der Waals surface area contributed by atoms with Crippen LogP contribution < -0.4 is 5.32 Å². The second-order valence-corrected chi connectivity index (χ2v) is 8.86. The summed E-state index contributed by atoms with van der Waals surface area (Å²) in [7, 11) is 0. The molecule has 0 saturated heterocycles. The van der Waals surface area contributed by atoms with Crippen molar-refractivity contribution in [2.75, 3.05) is 5.32 Å². The summed E-state index contributed by atoms with van der Waals surface area (Å²) < 4.78 is 2.51. The van der Waals surface area contributed by atoms with Gasteiger partial charge in [0.25, 0.3) is 0 Å². The average Bonchev–Trinajstić information content (AvgIpc) is 3.31. The highest BCUT2D eigenvalue weighted by Crippen LogP contribution is 2.48.